The smallest absolute Gasteiger partial charge is 0.0468 e. The van der Waals surface area contributed by atoms with Gasteiger partial charge in [0.2, 0.25) is 0 Å². The highest BCUT2D eigenvalue weighted by atomic mass is 32.1. The molecule has 0 spiro atoms. The van der Waals surface area contributed by atoms with Crippen LogP contribution in [0, 0.1) is 0 Å². The zero-order valence-corrected chi connectivity index (χ0v) is 38.7. The van der Waals surface area contributed by atoms with Gasteiger partial charge in [0.05, 0.1) is 0 Å². The number of para-hydroxylation sites is 2. The lowest BCUT2D eigenvalue weighted by Gasteiger charge is -2.26. The van der Waals surface area contributed by atoms with Crippen molar-refractivity contribution in [2.24, 2.45) is 0 Å². The van der Waals surface area contributed by atoms with Crippen LogP contribution in [0.5, 0.6) is 0 Å². The average Bonchev–Trinajstić information content (AvgIpc) is 3.86. The Bertz CT molecular complexity index is 3840. The van der Waals surface area contributed by atoms with Crippen molar-refractivity contribution < 1.29 is 0 Å². The summed E-state index contributed by atoms with van der Waals surface area (Å²) in [5.41, 5.74) is 17.0. The molecule has 0 bridgehead atoms. The van der Waals surface area contributed by atoms with E-state index in [-0.39, 0.29) is 5.41 Å². The van der Waals surface area contributed by atoms with Crippen molar-refractivity contribution in [3.8, 4) is 33.4 Å². The maximum atomic E-state index is 2.47. The summed E-state index contributed by atoms with van der Waals surface area (Å²) >= 11 is 1.95. The Morgan fingerprint density at radius 2 is 0.765 bits per heavy atom. The molecule has 0 amide bonds. The predicted octanol–water partition coefficient (Wildman–Crippen LogP) is 18.9. The van der Waals surface area contributed by atoms with E-state index in [4.69, 9.17) is 0 Å². The first kappa shape index (κ1) is 40.1. The fraction of sp³-hybridized carbons (Fsp3) is 0.0462. The van der Waals surface area contributed by atoms with Gasteiger partial charge in [-0.05, 0) is 163 Å². The normalized spacial score (nSPS) is 12.7. The quantitative estimate of drug-likeness (QED) is 0.150. The van der Waals surface area contributed by atoms with Gasteiger partial charge in [0, 0.05) is 59.7 Å². The van der Waals surface area contributed by atoms with E-state index in [2.05, 4.69) is 266 Å². The van der Waals surface area contributed by atoms with E-state index in [1.165, 1.54) is 86.2 Å². The van der Waals surface area contributed by atoms with Crippen LogP contribution in [0.3, 0.4) is 0 Å². The number of anilines is 6. The van der Waals surface area contributed by atoms with Gasteiger partial charge in [-0.2, -0.15) is 0 Å². The van der Waals surface area contributed by atoms with Crippen molar-refractivity contribution in [2.45, 2.75) is 19.3 Å². The summed E-state index contributed by atoms with van der Waals surface area (Å²) < 4.78 is 2.70. The van der Waals surface area contributed by atoms with Crippen molar-refractivity contribution >= 4 is 87.2 Å². The van der Waals surface area contributed by atoms with Crippen molar-refractivity contribution in [1.29, 1.82) is 0 Å². The lowest BCUT2D eigenvalue weighted by Crippen LogP contribution is -2.15. The van der Waals surface area contributed by atoms with Crippen LogP contribution in [0.1, 0.15) is 25.0 Å². The van der Waals surface area contributed by atoms with E-state index in [9.17, 15) is 0 Å². The molecule has 11 aromatic carbocycles. The van der Waals surface area contributed by atoms with E-state index in [1.54, 1.807) is 0 Å². The molecule has 0 saturated heterocycles. The largest absolute Gasteiger partial charge is 0.310 e. The number of benzene rings is 11. The van der Waals surface area contributed by atoms with Crippen molar-refractivity contribution in [1.82, 2.24) is 0 Å². The lowest BCUT2D eigenvalue weighted by molar-refractivity contribution is 0.668. The minimum absolute atomic E-state index is 0.194. The zero-order valence-electron chi connectivity index (χ0n) is 37.9. The monoisotopic (exact) mass is 886 g/mol. The van der Waals surface area contributed by atoms with Gasteiger partial charge in [-0.1, -0.05) is 159 Å². The first-order valence-corrected chi connectivity index (χ1v) is 24.3. The lowest BCUT2D eigenvalue weighted by atomic mass is 9.81. The summed E-state index contributed by atoms with van der Waals surface area (Å²) in [6, 6.07) is 88.9. The molecule has 0 atom stereocenters. The van der Waals surface area contributed by atoms with Crippen LogP contribution in [0.4, 0.5) is 34.1 Å². The van der Waals surface area contributed by atoms with Gasteiger partial charge in [-0.15, -0.1) is 11.3 Å². The molecule has 68 heavy (non-hydrogen) atoms. The number of hydrogen-bond acceptors (Lipinski definition) is 3. The van der Waals surface area contributed by atoms with E-state index in [1.807, 2.05) is 11.3 Å². The maximum absolute atomic E-state index is 2.47. The molecule has 0 fully saturated rings. The van der Waals surface area contributed by atoms with Crippen molar-refractivity contribution in [3.05, 3.63) is 254 Å². The van der Waals surface area contributed by atoms with Gasteiger partial charge in [0.25, 0.3) is 0 Å². The topological polar surface area (TPSA) is 6.48 Å². The first-order valence-electron chi connectivity index (χ1n) is 23.5. The molecular weight excluding hydrogens is 841 g/mol. The molecule has 1 heterocycles. The molecule has 3 heteroatoms. The number of rotatable bonds is 8. The summed E-state index contributed by atoms with van der Waals surface area (Å²) in [5.74, 6) is 0. The summed E-state index contributed by atoms with van der Waals surface area (Å²) in [6.07, 6.45) is 0. The van der Waals surface area contributed by atoms with Crippen LogP contribution in [0.15, 0.2) is 243 Å². The Hall–Kier alpha value is -8.24. The molecule has 1 aliphatic carbocycles. The van der Waals surface area contributed by atoms with Gasteiger partial charge in [-0.25, -0.2) is 0 Å². The van der Waals surface area contributed by atoms with Gasteiger partial charge >= 0.3 is 0 Å². The molecule has 0 saturated carbocycles. The summed E-state index contributed by atoms with van der Waals surface area (Å²) in [5, 5.41) is 7.64. The molecule has 12 aromatic rings. The molecular formula is C65H46N2S. The number of hydrogen-bond donors (Lipinski definition) is 0. The maximum Gasteiger partial charge on any atom is 0.0468 e. The van der Waals surface area contributed by atoms with E-state index in [0.29, 0.717) is 0 Å². The summed E-state index contributed by atoms with van der Waals surface area (Å²) in [7, 11) is 0. The highest BCUT2D eigenvalue weighted by Crippen LogP contribution is 2.55. The fourth-order valence-corrected chi connectivity index (χ4v) is 12.2. The summed E-state index contributed by atoms with van der Waals surface area (Å²) in [4.78, 5) is 4.74. The second kappa shape index (κ2) is 16.0. The van der Waals surface area contributed by atoms with Crippen molar-refractivity contribution in [2.75, 3.05) is 9.80 Å². The van der Waals surface area contributed by atoms with Crippen LogP contribution in [0.25, 0.3) is 75.1 Å². The SMILES string of the molecule is CC1(C)c2cc3cc(N(c4ccccc4)c4ccc(-c5ccccc5)cc4)ccc3cc2-c2ccc3c(sc4cc5cc(N(c6ccccc6)c6ccc(-c7ccccc7)cc6)ccc5cc43)c21. The average molecular weight is 887 g/mol. The second-order valence-electron chi connectivity index (χ2n) is 18.6. The highest BCUT2D eigenvalue weighted by molar-refractivity contribution is 7.26. The Balaban J connectivity index is 0.877. The van der Waals surface area contributed by atoms with Crippen LogP contribution in [-0.4, -0.2) is 0 Å². The van der Waals surface area contributed by atoms with Crippen LogP contribution in [-0.2, 0) is 5.41 Å². The Morgan fingerprint density at radius 3 is 1.29 bits per heavy atom. The molecule has 0 radical (unpaired) electrons. The van der Waals surface area contributed by atoms with Crippen molar-refractivity contribution in [3.63, 3.8) is 0 Å². The molecule has 1 aliphatic rings. The number of thiophene rings is 1. The minimum atomic E-state index is -0.194. The third-order valence-electron chi connectivity index (χ3n) is 14.1. The van der Waals surface area contributed by atoms with E-state index >= 15 is 0 Å². The molecule has 0 unspecified atom stereocenters. The Morgan fingerprint density at radius 1 is 0.324 bits per heavy atom. The van der Waals surface area contributed by atoms with Gasteiger partial charge in [-0.3, -0.25) is 0 Å². The second-order valence-corrected chi connectivity index (χ2v) is 19.6. The van der Waals surface area contributed by atoms with Crippen LogP contribution >= 0.6 is 11.3 Å². The third-order valence-corrected chi connectivity index (χ3v) is 15.3. The minimum Gasteiger partial charge on any atom is -0.310 e. The van der Waals surface area contributed by atoms with Crippen LogP contribution in [0.2, 0.25) is 0 Å². The molecule has 13 rings (SSSR count). The first-order chi connectivity index (χ1) is 33.4. The van der Waals surface area contributed by atoms with Gasteiger partial charge < -0.3 is 9.80 Å². The van der Waals surface area contributed by atoms with Crippen LogP contribution < -0.4 is 9.80 Å². The molecule has 0 N–H and O–H groups in total. The molecule has 322 valence electrons. The third kappa shape index (κ3) is 6.69. The van der Waals surface area contributed by atoms with Gasteiger partial charge in [0.15, 0.2) is 0 Å². The van der Waals surface area contributed by atoms with Gasteiger partial charge in [0.1, 0.15) is 0 Å². The Labute approximate surface area is 401 Å². The fourth-order valence-electron chi connectivity index (χ4n) is 10.8. The highest BCUT2D eigenvalue weighted by Gasteiger charge is 2.38. The zero-order chi connectivity index (χ0) is 45.3. The standard InChI is InChI=1S/C65H46N2S/c1-65(2)61-41-49-37-55(66(51-19-11-5-12-20-51)53-29-23-45(24-30-53)43-15-7-3-8-16-43)33-27-47(49)39-59(61)57-35-36-58-60-40-48-28-34-56(38-50(48)42-62(60)68-64(58)63(57)65)67(52-21-13-6-14-22-52)54-31-25-46(26-32-54)44-17-9-4-10-18-44/h3-42H,1-2H3. The predicted molar refractivity (Wildman–Crippen MR) is 292 cm³/mol. The number of fused-ring (bicyclic) bond motifs is 9. The molecule has 0 aliphatic heterocycles. The molecule has 1 aromatic heterocycles. The van der Waals surface area contributed by atoms with E-state index < -0.39 is 0 Å². The summed E-state index contributed by atoms with van der Waals surface area (Å²) in [6.45, 7) is 4.85. The number of nitrogens with zero attached hydrogens (tertiary/aromatic N) is 2. The molecule has 2 nitrogen and oxygen atoms in total. The van der Waals surface area contributed by atoms with E-state index in [0.717, 1.165) is 34.1 Å². The Kier molecular flexibility index (Phi) is 9.42.